The van der Waals surface area contributed by atoms with Crippen LogP contribution in [-0.4, -0.2) is 22.2 Å². The summed E-state index contributed by atoms with van der Waals surface area (Å²) in [6.07, 6.45) is 3.36. The number of nitrogens with zero attached hydrogens (tertiary/aromatic N) is 2. The fourth-order valence-electron chi connectivity index (χ4n) is 1.34. The van der Waals surface area contributed by atoms with Crippen LogP contribution in [0.3, 0.4) is 0 Å². The first kappa shape index (κ1) is 10.6. The van der Waals surface area contributed by atoms with Crippen molar-refractivity contribution in [3.05, 3.63) is 42.2 Å². The lowest BCUT2D eigenvalue weighted by molar-refractivity contribution is 0.281. The summed E-state index contributed by atoms with van der Waals surface area (Å²) in [4.78, 5) is 8.34. The SMILES string of the molecule is COc1ccc(-c2ccc(CO)cn2)cn1. The molecule has 0 saturated carbocycles. The number of rotatable bonds is 3. The van der Waals surface area contributed by atoms with Gasteiger partial charge in [-0.15, -0.1) is 0 Å². The predicted octanol–water partition coefficient (Wildman–Crippen LogP) is 1.64. The van der Waals surface area contributed by atoms with Gasteiger partial charge in [-0.3, -0.25) is 4.98 Å². The van der Waals surface area contributed by atoms with Crippen molar-refractivity contribution in [1.29, 1.82) is 0 Å². The maximum atomic E-state index is 8.90. The van der Waals surface area contributed by atoms with Crippen molar-refractivity contribution in [3.8, 4) is 17.1 Å². The molecule has 2 aromatic heterocycles. The van der Waals surface area contributed by atoms with E-state index in [9.17, 15) is 0 Å². The first-order valence-electron chi connectivity index (χ1n) is 4.89. The number of aliphatic hydroxyl groups is 1. The monoisotopic (exact) mass is 216 g/mol. The van der Waals surface area contributed by atoms with Crippen LogP contribution in [0, 0.1) is 0 Å². The molecular weight excluding hydrogens is 204 g/mol. The van der Waals surface area contributed by atoms with Crippen LogP contribution in [0.5, 0.6) is 5.88 Å². The van der Waals surface area contributed by atoms with Gasteiger partial charge in [-0.2, -0.15) is 0 Å². The number of methoxy groups -OCH3 is 1. The predicted molar refractivity (Wildman–Crippen MR) is 59.9 cm³/mol. The Morgan fingerprint density at radius 2 is 2.00 bits per heavy atom. The number of aliphatic hydroxyl groups excluding tert-OH is 1. The standard InChI is InChI=1S/C12H12N2O2/c1-16-12-5-3-10(7-14-12)11-4-2-9(8-15)6-13-11/h2-7,15H,8H2,1H3. The zero-order valence-electron chi connectivity index (χ0n) is 8.92. The number of aromatic nitrogens is 2. The Bertz CT molecular complexity index is 406. The van der Waals surface area contributed by atoms with Crippen LogP contribution in [0.1, 0.15) is 5.56 Å². The summed E-state index contributed by atoms with van der Waals surface area (Å²) >= 11 is 0. The quantitative estimate of drug-likeness (QED) is 0.847. The number of hydrogen-bond acceptors (Lipinski definition) is 4. The van der Waals surface area contributed by atoms with E-state index in [1.807, 2.05) is 18.2 Å². The molecule has 0 amide bonds. The third kappa shape index (κ3) is 2.17. The van der Waals surface area contributed by atoms with Gasteiger partial charge < -0.3 is 9.84 Å². The van der Waals surface area contributed by atoms with Gasteiger partial charge in [0.05, 0.1) is 19.4 Å². The molecule has 0 spiro atoms. The Labute approximate surface area is 93.6 Å². The van der Waals surface area contributed by atoms with E-state index >= 15 is 0 Å². The topological polar surface area (TPSA) is 55.2 Å². The summed E-state index contributed by atoms with van der Waals surface area (Å²) in [6.45, 7) is 0.00808. The molecule has 0 fully saturated rings. The zero-order chi connectivity index (χ0) is 11.4. The van der Waals surface area contributed by atoms with Crippen molar-refractivity contribution < 1.29 is 9.84 Å². The van der Waals surface area contributed by atoms with Crippen LogP contribution >= 0.6 is 0 Å². The van der Waals surface area contributed by atoms with Crippen LogP contribution in [0.15, 0.2) is 36.7 Å². The van der Waals surface area contributed by atoms with E-state index < -0.39 is 0 Å². The molecule has 0 bridgehead atoms. The summed E-state index contributed by atoms with van der Waals surface area (Å²) in [5, 5.41) is 8.90. The number of ether oxygens (including phenoxy) is 1. The molecule has 0 radical (unpaired) electrons. The first-order chi connectivity index (χ1) is 7.83. The van der Waals surface area contributed by atoms with Crippen molar-refractivity contribution in [2.24, 2.45) is 0 Å². The third-order valence-corrected chi connectivity index (χ3v) is 2.25. The van der Waals surface area contributed by atoms with Crippen molar-refractivity contribution in [2.45, 2.75) is 6.61 Å². The maximum Gasteiger partial charge on any atom is 0.212 e. The first-order valence-corrected chi connectivity index (χ1v) is 4.89. The highest BCUT2D eigenvalue weighted by Crippen LogP contribution is 2.18. The van der Waals surface area contributed by atoms with Crippen LogP contribution < -0.4 is 4.74 Å². The molecule has 0 atom stereocenters. The average molecular weight is 216 g/mol. The highest BCUT2D eigenvalue weighted by atomic mass is 16.5. The van der Waals surface area contributed by atoms with Crippen LogP contribution in [0.2, 0.25) is 0 Å². The van der Waals surface area contributed by atoms with Crippen LogP contribution in [0.4, 0.5) is 0 Å². The molecule has 0 unspecified atom stereocenters. The van der Waals surface area contributed by atoms with E-state index in [4.69, 9.17) is 9.84 Å². The van der Waals surface area contributed by atoms with Gasteiger partial charge in [-0.05, 0) is 17.7 Å². The van der Waals surface area contributed by atoms with Gasteiger partial charge in [-0.1, -0.05) is 6.07 Å². The Kier molecular flexibility index (Phi) is 3.12. The minimum Gasteiger partial charge on any atom is -0.481 e. The molecule has 4 heteroatoms. The molecule has 0 aliphatic carbocycles. The van der Waals surface area contributed by atoms with Crippen LogP contribution in [0.25, 0.3) is 11.3 Å². The lowest BCUT2D eigenvalue weighted by Gasteiger charge is -2.02. The average Bonchev–Trinajstić information content (AvgIpc) is 2.39. The van der Waals surface area contributed by atoms with Gasteiger partial charge in [0.15, 0.2) is 0 Å². The molecule has 2 aromatic rings. The lowest BCUT2D eigenvalue weighted by atomic mass is 10.1. The summed E-state index contributed by atoms with van der Waals surface area (Å²) < 4.78 is 4.98. The van der Waals surface area contributed by atoms with E-state index in [1.165, 1.54) is 0 Å². The molecule has 2 rings (SSSR count). The van der Waals surface area contributed by atoms with Gasteiger partial charge in [0.1, 0.15) is 0 Å². The zero-order valence-corrected chi connectivity index (χ0v) is 8.92. The second-order valence-electron chi connectivity index (χ2n) is 3.30. The Hall–Kier alpha value is -1.94. The number of hydrogen-bond donors (Lipinski definition) is 1. The van der Waals surface area contributed by atoms with Crippen molar-refractivity contribution in [2.75, 3.05) is 7.11 Å². The smallest absolute Gasteiger partial charge is 0.212 e. The van der Waals surface area contributed by atoms with Crippen molar-refractivity contribution in [1.82, 2.24) is 9.97 Å². The lowest BCUT2D eigenvalue weighted by Crippen LogP contribution is -1.90. The second kappa shape index (κ2) is 4.72. The Balaban J connectivity index is 2.28. The molecule has 0 aromatic carbocycles. The highest BCUT2D eigenvalue weighted by molar-refractivity contribution is 5.58. The fourth-order valence-corrected chi connectivity index (χ4v) is 1.34. The summed E-state index contributed by atoms with van der Waals surface area (Å²) in [5.74, 6) is 0.579. The molecular formula is C12H12N2O2. The van der Waals surface area contributed by atoms with Gasteiger partial charge >= 0.3 is 0 Å². The second-order valence-corrected chi connectivity index (χ2v) is 3.30. The fraction of sp³-hybridized carbons (Fsp3) is 0.167. The molecule has 2 heterocycles. The molecule has 4 nitrogen and oxygen atoms in total. The Morgan fingerprint density at radius 1 is 1.12 bits per heavy atom. The van der Waals surface area contributed by atoms with Crippen LogP contribution in [-0.2, 0) is 6.61 Å². The van der Waals surface area contributed by atoms with E-state index in [0.29, 0.717) is 5.88 Å². The van der Waals surface area contributed by atoms with E-state index in [-0.39, 0.29) is 6.61 Å². The van der Waals surface area contributed by atoms with Gasteiger partial charge in [0.2, 0.25) is 5.88 Å². The molecule has 0 aliphatic heterocycles. The van der Waals surface area contributed by atoms with Crippen molar-refractivity contribution >= 4 is 0 Å². The molecule has 0 saturated heterocycles. The summed E-state index contributed by atoms with van der Waals surface area (Å²) in [7, 11) is 1.58. The summed E-state index contributed by atoms with van der Waals surface area (Å²) in [6, 6.07) is 7.38. The van der Waals surface area contributed by atoms with Gasteiger partial charge in [0.25, 0.3) is 0 Å². The molecule has 82 valence electrons. The minimum atomic E-state index is 0.00808. The van der Waals surface area contributed by atoms with Gasteiger partial charge in [0, 0.05) is 24.0 Å². The van der Waals surface area contributed by atoms with Gasteiger partial charge in [-0.25, -0.2) is 4.98 Å². The third-order valence-electron chi connectivity index (χ3n) is 2.25. The Morgan fingerprint density at radius 3 is 2.50 bits per heavy atom. The normalized spacial score (nSPS) is 10.1. The van der Waals surface area contributed by atoms with E-state index in [2.05, 4.69) is 9.97 Å². The highest BCUT2D eigenvalue weighted by Gasteiger charge is 2.00. The van der Waals surface area contributed by atoms with E-state index in [1.54, 1.807) is 25.6 Å². The molecule has 1 N–H and O–H groups in total. The molecule has 16 heavy (non-hydrogen) atoms. The van der Waals surface area contributed by atoms with E-state index in [0.717, 1.165) is 16.8 Å². The summed E-state index contributed by atoms with van der Waals surface area (Å²) in [5.41, 5.74) is 2.54. The number of pyridine rings is 2. The minimum absolute atomic E-state index is 0.00808. The maximum absolute atomic E-state index is 8.90. The van der Waals surface area contributed by atoms with Crippen molar-refractivity contribution in [3.63, 3.8) is 0 Å². The molecule has 0 aliphatic rings. The largest absolute Gasteiger partial charge is 0.481 e.